The van der Waals surface area contributed by atoms with Crippen LogP contribution in [0.4, 0.5) is 0 Å². The number of para-hydroxylation sites is 1. The highest BCUT2D eigenvalue weighted by Crippen LogP contribution is 2.34. The Balaban J connectivity index is 0.000000187. The molecule has 0 bridgehead atoms. The van der Waals surface area contributed by atoms with Crippen LogP contribution in [-0.2, 0) is 0 Å². The van der Waals surface area contributed by atoms with Crippen LogP contribution >= 0.6 is 0 Å². The smallest absolute Gasteiger partial charge is 0.335 e. The molecule has 0 aliphatic carbocycles. The predicted octanol–water partition coefficient (Wildman–Crippen LogP) is 8.09. The van der Waals surface area contributed by atoms with Gasteiger partial charge >= 0.3 is 11.9 Å². The van der Waals surface area contributed by atoms with Crippen molar-refractivity contribution in [2.75, 3.05) is 0 Å². The molecular formula is C34H28O5. The molecule has 5 aromatic rings. The van der Waals surface area contributed by atoms with Gasteiger partial charge in [0.1, 0.15) is 5.75 Å². The van der Waals surface area contributed by atoms with Crippen molar-refractivity contribution in [2.45, 2.75) is 13.8 Å². The first-order chi connectivity index (χ1) is 18.8. The van der Waals surface area contributed by atoms with Crippen LogP contribution < -0.4 is 0 Å². The number of benzene rings is 5. The van der Waals surface area contributed by atoms with Crippen LogP contribution in [0.2, 0.25) is 0 Å². The third kappa shape index (κ3) is 6.22. The highest BCUT2D eigenvalue weighted by molar-refractivity contribution is 5.91. The lowest BCUT2D eigenvalue weighted by atomic mass is 9.91. The Labute approximate surface area is 227 Å². The van der Waals surface area contributed by atoms with E-state index in [0.29, 0.717) is 11.1 Å². The zero-order valence-electron chi connectivity index (χ0n) is 21.6. The predicted molar refractivity (Wildman–Crippen MR) is 154 cm³/mol. The maximum Gasteiger partial charge on any atom is 0.335 e. The van der Waals surface area contributed by atoms with Crippen LogP contribution in [-0.4, -0.2) is 27.3 Å². The number of phenols is 1. The second-order valence-corrected chi connectivity index (χ2v) is 9.10. The Morgan fingerprint density at radius 2 is 0.923 bits per heavy atom. The second kappa shape index (κ2) is 11.9. The van der Waals surface area contributed by atoms with E-state index in [1.807, 2.05) is 56.3 Å². The van der Waals surface area contributed by atoms with Crippen LogP contribution in [0.1, 0.15) is 31.8 Å². The minimum Gasteiger partial charge on any atom is -0.507 e. The van der Waals surface area contributed by atoms with Crippen molar-refractivity contribution in [3.63, 3.8) is 0 Å². The Morgan fingerprint density at radius 3 is 1.41 bits per heavy atom. The van der Waals surface area contributed by atoms with Crippen molar-refractivity contribution in [1.82, 2.24) is 0 Å². The van der Waals surface area contributed by atoms with Crippen molar-refractivity contribution >= 4 is 11.9 Å². The third-order valence-corrected chi connectivity index (χ3v) is 6.44. The fraction of sp³-hybridized carbons (Fsp3) is 0.0588. The molecule has 0 radical (unpaired) electrons. The minimum absolute atomic E-state index is 0.193. The lowest BCUT2D eigenvalue weighted by Crippen LogP contribution is -1.97. The van der Waals surface area contributed by atoms with E-state index in [4.69, 9.17) is 10.2 Å². The molecule has 5 aromatic carbocycles. The van der Waals surface area contributed by atoms with Gasteiger partial charge in [0.25, 0.3) is 0 Å². The summed E-state index contributed by atoms with van der Waals surface area (Å²) >= 11 is 0. The molecule has 0 atom stereocenters. The average Bonchev–Trinajstić information content (AvgIpc) is 2.94. The molecule has 0 amide bonds. The van der Waals surface area contributed by atoms with Crippen molar-refractivity contribution in [1.29, 1.82) is 0 Å². The standard InChI is InChI=1S/C20H16O2.C14H12O3/c1-14-13-16(20(21)22)11-12-17(14)19-10-6-5-9-18(19)15-7-3-2-4-8-15;1-9-8-10(14(16)17)6-7-11(9)12-4-2-3-5-13(12)15/h2-13H,1H3,(H,21,22);2-8,15H,1H3,(H,16,17). The summed E-state index contributed by atoms with van der Waals surface area (Å²) in [7, 11) is 0. The van der Waals surface area contributed by atoms with Crippen molar-refractivity contribution in [2.24, 2.45) is 0 Å². The zero-order valence-corrected chi connectivity index (χ0v) is 21.6. The first-order valence-electron chi connectivity index (χ1n) is 12.4. The van der Waals surface area contributed by atoms with Gasteiger partial charge in [0, 0.05) is 5.56 Å². The van der Waals surface area contributed by atoms with Gasteiger partial charge in [-0.3, -0.25) is 0 Å². The van der Waals surface area contributed by atoms with E-state index < -0.39 is 11.9 Å². The Hall–Kier alpha value is -5.16. The van der Waals surface area contributed by atoms with Crippen molar-refractivity contribution in [3.05, 3.63) is 138 Å². The highest BCUT2D eigenvalue weighted by Gasteiger charge is 2.12. The summed E-state index contributed by atoms with van der Waals surface area (Å²) in [5.41, 5.74) is 8.38. The van der Waals surface area contributed by atoms with Gasteiger partial charge in [0.2, 0.25) is 0 Å². The maximum atomic E-state index is 11.1. The molecular weight excluding hydrogens is 488 g/mol. The molecule has 0 unspecified atom stereocenters. The van der Waals surface area contributed by atoms with E-state index in [2.05, 4.69) is 24.3 Å². The maximum absolute atomic E-state index is 11.1. The summed E-state index contributed by atoms with van der Waals surface area (Å²) in [4.78, 5) is 21.9. The summed E-state index contributed by atoms with van der Waals surface area (Å²) in [5, 5.41) is 27.7. The second-order valence-electron chi connectivity index (χ2n) is 9.10. The van der Waals surface area contributed by atoms with E-state index in [-0.39, 0.29) is 11.3 Å². The quantitative estimate of drug-likeness (QED) is 0.219. The number of aryl methyl sites for hydroxylation is 2. The van der Waals surface area contributed by atoms with Gasteiger partial charge in [0.15, 0.2) is 0 Å². The fourth-order valence-electron chi connectivity index (χ4n) is 4.49. The largest absolute Gasteiger partial charge is 0.507 e. The number of rotatable bonds is 5. The van der Waals surface area contributed by atoms with Gasteiger partial charge in [-0.15, -0.1) is 0 Å². The van der Waals surface area contributed by atoms with Crippen molar-refractivity contribution in [3.8, 4) is 39.1 Å². The summed E-state index contributed by atoms with van der Waals surface area (Å²) in [6.45, 7) is 3.78. The van der Waals surface area contributed by atoms with Gasteiger partial charge in [-0.25, -0.2) is 9.59 Å². The van der Waals surface area contributed by atoms with Crippen molar-refractivity contribution < 1.29 is 24.9 Å². The van der Waals surface area contributed by atoms with E-state index in [1.54, 1.807) is 42.5 Å². The Morgan fingerprint density at radius 1 is 0.487 bits per heavy atom. The molecule has 0 heterocycles. The Kier molecular flexibility index (Phi) is 8.22. The molecule has 194 valence electrons. The summed E-state index contributed by atoms with van der Waals surface area (Å²) in [6.07, 6.45) is 0. The van der Waals surface area contributed by atoms with Crippen LogP contribution in [0.15, 0.2) is 115 Å². The molecule has 5 rings (SSSR count). The molecule has 0 aromatic heterocycles. The molecule has 39 heavy (non-hydrogen) atoms. The summed E-state index contributed by atoms with van der Waals surface area (Å²) in [5.74, 6) is -1.65. The van der Waals surface area contributed by atoms with Crippen LogP contribution in [0.5, 0.6) is 5.75 Å². The summed E-state index contributed by atoms with van der Waals surface area (Å²) < 4.78 is 0. The lowest BCUT2D eigenvalue weighted by Gasteiger charge is -2.13. The molecule has 3 N–H and O–H groups in total. The molecule has 0 saturated heterocycles. The number of hydrogen-bond acceptors (Lipinski definition) is 3. The van der Waals surface area contributed by atoms with E-state index >= 15 is 0 Å². The molecule has 0 aliphatic heterocycles. The zero-order chi connectivity index (χ0) is 27.9. The normalized spacial score (nSPS) is 10.3. The monoisotopic (exact) mass is 516 g/mol. The number of carbonyl (C=O) groups is 2. The molecule has 5 nitrogen and oxygen atoms in total. The summed E-state index contributed by atoms with van der Waals surface area (Å²) in [6, 6.07) is 35.5. The minimum atomic E-state index is -0.947. The first kappa shape index (κ1) is 26.9. The van der Waals surface area contributed by atoms with Crippen LogP contribution in [0.25, 0.3) is 33.4 Å². The van der Waals surface area contributed by atoms with Gasteiger partial charge in [0.05, 0.1) is 11.1 Å². The number of carboxylic acid groups (broad SMARTS) is 2. The molecule has 0 spiro atoms. The lowest BCUT2D eigenvalue weighted by molar-refractivity contribution is 0.0686. The molecule has 0 fully saturated rings. The first-order valence-corrected chi connectivity index (χ1v) is 12.4. The van der Waals surface area contributed by atoms with Gasteiger partial charge < -0.3 is 15.3 Å². The average molecular weight is 517 g/mol. The van der Waals surface area contributed by atoms with Gasteiger partial charge in [-0.1, -0.05) is 84.9 Å². The number of aromatic hydroxyl groups is 1. The highest BCUT2D eigenvalue weighted by atomic mass is 16.4. The van der Waals surface area contributed by atoms with Gasteiger partial charge in [-0.2, -0.15) is 0 Å². The van der Waals surface area contributed by atoms with Crippen LogP contribution in [0, 0.1) is 13.8 Å². The van der Waals surface area contributed by atoms with Gasteiger partial charge in [-0.05, 0) is 83.1 Å². The number of phenolic OH excluding ortho intramolecular Hbond substituents is 1. The fourth-order valence-corrected chi connectivity index (χ4v) is 4.49. The van der Waals surface area contributed by atoms with E-state index in [9.17, 15) is 14.7 Å². The molecule has 5 heteroatoms. The van der Waals surface area contributed by atoms with E-state index in [0.717, 1.165) is 38.9 Å². The SMILES string of the molecule is Cc1cc(C(=O)O)ccc1-c1ccccc1-c1ccccc1.Cc1cc(C(=O)O)ccc1-c1ccccc1O. The topological polar surface area (TPSA) is 94.8 Å². The number of hydrogen-bond donors (Lipinski definition) is 3. The number of carboxylic acids is 2. The van der Waals surface area contributed by atoms with E-state index in [1.165, 1.54) is 6.07 Å². The van der Waals surface area contributed by atoms with Crippen LogP contribution in [0.3, 0.4) is 0 Å². The molecule has 0 aliphatic rings. The Bertz CT molecular complexity index is 1640. The third-order valence-electron chi connectivity index (χ3n) is 6.44. The number of aromatic carboxylic acids is 2. The molecule has 0 saturated carbocycles.